The highest BCUT2D eigenvalue weighted by Crippen LogP contribution is 2.39. The van der Waals surface area contributed by atoms with Crippen LogP contribution in [0.5, 0.6) is 0 Å². The highest BCUT2D eigenvalue weighted by atomic mass is 19.1. The van der Waals surface area contributed by atoms with Crippen LogP contribution in [0, 0.1) is 12.7 Å². The molecule has 6 heteroatoms. The first-order valence-electron chi connectivity index (χ1n) is 9.04. The highest BCUT2D eigenvalue weighted by molar-refractivity contribution is 6.46. The zero-order valence-electron chi connectivity index (χ0n) is 15.8. The average Bonchev–Trinajstić information content (AvgIpc) is 2.94. The minimum Gasteiger partial charge on any atom is -0.507 e. The van der Waals surface area contributed by atoms with Gasteiger partial charge in [-0.3, -0.25) is 9.59 Å². The van der Waals surface area contributed by atoms with Crippen LogP contribution in [0.15, 0.2) is 54.1 Å². The maximum Gasteiger partial charge on any atom is 0.295 e. The molecule has 2 aromatic rings. The van der Waals surface area contributed by atoms with Crippen molar-refractivity contribution in [2.24, 2.45) is 0 Å². The second kappa shape index (κ2) is 8.35. The Labute approximate surface area is 163 Å². The number of aliphatic hydroxyl groups is 1. The third kappa shape index (κ3) is 3.82. The Morgan fingerprint density at radius 1 is 1.11 bits per heavy atom. The van der Waals surface area contributed by atoms with Crippen LogP contribution in [0.1, 0.15) is 29.2 Å². The molecule has 1 aliphatic heterocycles. The zero-order chi connectivity index (χ0) is 20.3. The molecular weight excluding hydrogens is 361 g/mol. The van der Waals surface area contributed by atoms with Gasteiger partial charge in [0.25, 0.3) is 11.7 Å². The number of carbonyl (C=O) groups is 2. The summed E-state index contributed by atoms with van der Waals surface area (Å²) in [6.07, 6.45) is 0.534. The molecule has 2 aromatic carbocycles. The summed E-state index contributed by atoms with van der Waals surface area (Å²) in [6, 6.07) is 11.9. The van der Waals surface area contributed by atoms with E-state index >= 15 is 0 Å². The number of aliphatic hydroxyl groups excluding tert-OH is 1. The normalized spacial score (nSPS) is 18.7. The number of hydrogen-bond acceptors (Lipinski definition) is 4. The van der Waals surface area contributed by atoms with Gasteiger partial charge in [0.2, 0.25) is 0 Å². The van der Waals surface area contributed by atoms with Gasteiger partial charge in [-0.05, 0) is 31.0 Å². The number of hydrogen-bond donors (Lipinski definition) is 1. The lowest BCUT2D eigenvalue weighted by Gasteiger charge is -2.25. The third-order valence-corrected chi connectivity index (χ3v) is 4.80. The van der Waals surface area contributed by atoms with E-state index in [9.17, 15) is 19.1 Å². The summed E-state index contributed by atoms with van der Waals surface area (Å²) in [5, 5.41) is 10.9. The van der Waals surface area contributed by atoms with Crippen molar-refractivity contribution in [3.8, 4) is 0 Å². The second-order valence-electron chi connectivity index (χ2n) is 6.76. The van der Waals surface area contributed by atoms with Crippen molar-refractivity contribution in [3.63, 3.8) is 0 Å². The van der Waals surface area contributed by atoms with E-state index in [1.54, 1.807) is 19.2 Å². The number of benzene rings is 2. The second-order valence-corrected chi connectivity index (χ2v) is 6.76. The summed E-state index contributed by atoms with van der Waals surface area (Å²) in [5.74, 6) is -2.08. The topological polar surface area (TPSA) is 66.8 Å². The molecule has 0 saturated carbocycles. The summed E-state index contributed by atoms with van der Waals surface area (Å²) >= 11 is 0. The predicted molar refractivity (Wildman–Crippen MR) is 103 cm³/mol. The fraction of sp³-hybridized carbons (Fsp3) is 0.273. The number of aryl methyl sites for hydroxylation is 1. The van der Waals surface area contributed by atoms with Gasteiger partial charge >= 0.3 is 0 Å². The van der Waals surface area contributed by atoms with E-state index in [0.29, 0.717) is 24.2 Å². The van der Waals surface area contributed by atoms with E-state index < -0.39 is 23.5 Å². The summed E-state index contributed by atoms with van der Waals surface area (Å²) in [6.45, 7) is 2.62. The molecule has 1 saturated heterocycles. The van der Waals surface area contributed by atoms with Gasteiger partial charge in [0.15, 0.2) is 0 Å². The smallest absolute Gasteiger partial charge is 0.295 e. The molecule has 0 aliphatic carbocycles. The number of amides is 1. The van der Waals surface area contributed by atoms with Gasteiger partial charge in [-0.2, -0.15) is 0 Å². The minimum atomic E-state index is -0.779. The Morgan fingerprint density at radius 3 is 2.36 bits per heavy atom. The van der Waals surface area contributed by atoms with Gasteiger partial charge in [-0.25, -0.2) is 4.39 Å². The largest absolute Gasteiger partial charge is 0.507 e. The Balaban J connectivity index is 2.10. The Morgan fingerprint density at radius 2 is 1.75 bits per heavy atom. The van der Waals surface area contributed by atoms with Crippen LogP contribution >= 0.6 is 0 Å². The molecule has 1 amide bonds. The van der Waals surface area contributed by atoms with Crippen molar-refractivity contribution in [1.29, 1.82) is 0 Å². The number of ketones is 1. The van der Waals surface area contributed by atoms with Gasteiger partial charge in [-0.15, -0.1) is 0 Å². The summed E-state index contributed by atoms with van der Waals surface area (Å²) in [4.78, 5) is 26.8. The molecule has 1 aliphatic rings. The number of Topliss-reactive ketones (excluding diaryl/α,β-unsaturated/α-hetero) is 1. The summed E-state index contributed by atoms with van der Waals surface area (Å²) < 4.78 is 18.4. The van der Waals surface area contributed by atoms with Crippen molar-refractivity contribution in [2.45, 2.75) is 19.4 Å². The summed E-state index contributed by atoms with van der Waals surface area (Å²) in [5.41, 5.74) is 2.03. The van der Waals surface area contributed by atoms with Gasteiger partial charge in [0.05, 0.1) is 11.6 Å². The monoisotopic (exact) mass is 383 g/mol. The average molecular weight is 383 g/mol. The molecule has 1 N–H and O–H groups in total. The van der Waals surface area contributed by atoms with Crippen LogP contribution in [0.2, 0.25) is 0 Å². The van der Waals surface area contributed by atoms with Crippen LogP contribution in [0.25, 0.3) is 5.76 Å². The van der Waals surface area contributed by atoms with Gasteiger partial charge in [0.1, 0.15) is 11.6 Å². The Bertz CT molecular complexity index is 903. The number of ether oxygens (including phenoxy) is 1. The first-order valence-corrected chi connectivity index (χ1v) is 9.04. The molecule has 3 rings (SSSR count). The molecule has 28 heavy (non-hydrogen) atoms. The van der Waals surface area contributed by atoms with E-state index in [1.165, 1.54) is 29.2 Å². The van der Waals surface area contributed by atoms with Crippen LogP contribution in [-0.2, 0) is 14.3 Å². The molecule has 0 spiro atoms. The highest BCUT2D eigenvalue weighted by Gasteiger charge is 2.45. The first-order chi connectivity index (χ1) is 13.4. The molecule has 1 fully saturated rings. The lowest BCUT2D eigenvalue weighted by atomic mass is 9.95. The first kappa shape index (κ1) is 19.8. The zero-order valence-corrected chi connectivity index (χ0v) is 15.8. The van der Waals surface area contributed by atoms with E-state index in [-0.39, 0.29) is 17.9 Å². The molecule has 0 radical (unpaired) electrons. The third-order valence-electron chi connectivity index (χ3n) is 4.80. The van der Waals surface area contributed by atoms with Crippen LogP contribution < -0.4 is 0 Å². The van der Waals surface area contributed by atoms with Crippen LogP contribution in [0.3, 0.4) is 0 Å². The van der Waals surface area contributed by atoms with E-state index in [2.05, 4.69) is 0 Å². The number of methoxy groups -OCH3 is 1. The number of nitrogens with zero attached hydrogens (tertiary/aromatic N) is 1. The maximum absolute atomic E-state index is 13.4. The quantitative estimate of drug-likeness (QED) is 0.358. The fourth-order valence-corrected chi connectivity index (χ4v) is 3.35. The maximum atomic E-state index is 13.4. The van der Waals surface area contributed by atoms with Gasteiger partial charge in [-0.1, -0.05) is 42.0 Å². The fourth-order valence-electron chi connectivity index (χ4n) is 3.35. The molecule has 0 aromatic heterocycles. The van der Waals surface area contributed by atoms with Crippen LogP contribution in [0.4, 0.5) is 4.39 Å². The molecule has 1 atom stereocenters. The van der Waals surface area contributed by atoms with E-state index in [4.69, 9.17) is 4.74 Å². The Hall–Kier alpha value is -2.99. The minimum absolute atomic E-state index is 0.0119. The standard InChI is InChI=1S/C22H22FNO4/c1-14-4-6-16(7-5-14)20(25)18-19(15-8-10-17(23)11-9-15)24(12-3-13-28-2)22(27)21(18)26/h4-11,19,25H,3,12-13H2,1-2H3/b20-18+/t19-/m0/s1. The van der Waals surface area contributed by atoms with Crippen molar-refractivity contribution in [2.75, 3.05) is 20.3 Å². The summed E-state index contributed by atoms with van der Waals surface area (Å²) in [7, 11) is 1.56. The number of carbonyl (C=O) groups excluding carboxylic acids is 2. The predicted octanol–water partition coefficient (Wildman–Crippen LogP) is 3.59. The van der Waals surface area contributed by atoms with Crippen molar-refractivity contribution < 1.29 is 23.8 Å². The number of likely N-dealkylation sites (tertiary alicyclic amines) is 1. The van der Waals surface area contributed by atoms with Crippen molar-refractivity contribution in [3.05, 3.63) is 76.6 Å². The van der Waals surface area contributed by atoms with E-state index in [0.717, 1.165) is 5.56 Å². The van der Waals surface area contributed by atoms with Gasteiger partial charge < -0.3 is 14.7 Å². The van der Waals surface area contributed by atoms with E-state index in [1.807, 2.05) is 19.1 Å². The molecule has 0 unspecified atom stereocenters. The Kier molecular flexibility index (Phi) is 5.90. The number of halogens is 1. The molecule has 1 heterocycles. The number of rotatable bonds is 6. The molecule has 5 nitrogen and oxygen atoms in total. The molecular formula is C22H22FNO4. The lowest BCUT2D eigenvalue weighted by Crippen LogP contribution is -2.31. The molecule has 146 valence electrons. The molecule has 0 bridgehead atoms. The van der Waals surface area contributed by atoms with Crippen LogP contribution in [-0.4, -0.2) is 42.0 Å². The van der Waals surface area contributed by atoms with Crippen molar-refractivity contribution >= 4 is 17.4 Å². The van der Waals surface area contributed by atoms with Gasteiger partial charge in [0, 0.05) is 25.8 Å². The SMILES string of the molecule is COCCCN1C(=O)C(=O)/C(=C(/O)c2ccc(C)cc2)[C@@H]1c1ccc(F)cc1. The van der Waals surface area contributed by atoms with Crippen molar-refractivity contribution in [1.82, 2.24) is 4.90 Å². The lowest BCUT2D eigenvalue weighted by molar-refractivity contribution is -0.140.